The molecule has 1 heterocycles. The second-order valence-corrected chi connectivity index (χ2v) is 10.2. The number of aryl methyl sites for hydroxylation is 1. The van der Waals surface area contributed by atoms with E-state index in [4.69, 9.17) is 16.1 Å². The van der Waals surface area contributed by atoms with Crippen molar-refractivity contribution >= 4 is 17.5 Å². The number of nitrogens with one attached hydrogen (secondary N) is 1. The van der Waals surface area contributed by atoms with Crippen molar-refractivity contribution < 1.29 is 13.7 Å². The predicted molar refractivity (Wildman–Crippen MR) is 114 cm³/mol. The molecule has 4 aliphatic rings. The van der Waals surface area contributed by atoms with E-state index in [1.165, 1.54) is 50.7 Å². The molecule has 1 unspecified atom stereocenters. The lowest BCUT2D eigenvalue weighted by Gasteiger charge is -2.59. The fraction of sp³-hybridized carbons (Fsp3) is 0.583. The maximum atomic E-state index is 14.5. The molecule has 0 radical (unpaired) electrons. The summed E-state index contributed by atoms with van der Waals surface area (Å²) < 4.78 is 19.8. The van der Waals surface area contributed by atoms with E-state index >= 15 is 0 Å². The van der Waals surface area contributed by atoms with E-state index in [1.54, 1.807) is 13.0 Å². The minimum absolute atomic E-state index is 0.108. The van der Waals surface area contributed by atoms with Crippen molar-refractivity contribution in [2.75, 3.05) is 0 Å². The zero-order chi connectivity index (χ0) is 21.0. The highest BCUT2D eigenvalue weighted by molar-refractivity contribution is 6.33. The Hall–Kier alpha value is -1.88. The summed E-state index contributed by atoms with van der Waals surface area (Å²) in [5, 5.41) is 7.52. The molecular formula is C24H28ClFN2O2. The lowest BCUT2D eigenvalue weighted by atomic mass is 9.47. The number of amides is 1. The molecule has 30 heavy (non-hydrogen) atoms. The molecule has 1 aromatic carbocycles. The van der Waals surface area contributed by atoms with Gasteiger partial charge in [0.1, 0.15) is 22.8 Å². The van der Waals surface area contributed by atoms with Crippen molar-refractivity contribution in [3.8, 4) is 11.3 Å². The molecule has 6 rings (SSSR count). The zero-order valence-electron chi connectivity index (χ0n) is 17.5. The van der Waals surface area contributed by atoms with Crippen LogP contribution in [0.4, 0.5) is 4.39 Å². The van der Waals surface area contributed by atoms with E-state index in [0.717, 1.165) is 24.2 Å². The number of nitrogens with zero attached hydrogens (tertiary/aromatic N) is 1. The average molecular weight is 431 g/mol. The third-order valence-corrected chi connectivity index (χ3v) is 8.14. The molecule has 160 valence electrons. The fourth-order valence-corrected chi connectivity index (χ4v) is 7.31. The molecule has 1 atom stereocenters. The molecule has 4 saturated carbocycles. The zero-order valence-corrected chi connectivity index (χ0v) is 18.3. The highest BCUT2D eigenvalue weighted by atomic mass is 35.5. The normalized spacial score (nSPS) is 30.5. The largest absolute Gasteiger partial charge is 0.360 e. The molecule has 6 heteroatoms. The number of benzene rings is 1. The van der Waals surface area contributed by atoms with Crippen LogP contribution >= 0.6 is 11.6 Å². The Balaban J connectivity index is 1.45. The van der Waals surface area contributed by atoms with Crippen molar-refractivity contribution in [2.24, 2.45) is 23.2 Å². The Morgan fingerprint density at radius 3 is 2.47 bits per heavy atom. The van der Waals surface area contributed by atoms with Gasteiger partial charge in [0.25, 0.3) is 5.91 Å². The molecule has 4 fully saturated rings. The summed E-state index contributed by atoms with van der Waals surface area (Å²) in [7, 11) is 0. The Morgan fingerprint density at radius 1 is 1.27 bits per heavy atom. The van der Waals surface area contributed by atoms with Gasteiger partial charge < -0.3 is 9.84 Å². The van der Waals surface area contributed by atoms with Crippen molar-refractivity contribution in [1.29, 1.82) is 0 Å². The monoisotopic (exact) mass is 430 g/mol. The molecular weight excluding hydrogens is 403 g/mol. The van der Waals surface area contributed by atoms with E-state index < -0.39 is 5.82 Å². The highest BCUT2D eigenvalue weighted by Crippen LogP contribution is 2.61. The van der Waals surface area contributed by atoms with E-state index in [2.05, 4.69) is 17.4 Å². The summed E-state index contributed by atoms with van der Waals surface area (Å²) in [6.07, 6.45) is 8.63. The highest BCUT2D eigenvalue weighted by Gasteiger charge is 2.54. The maximum Gasteiger partial charge on any atom is 0.257 e. The van der Waals surface area contributed by atoms with Gasteiger partial charge in [0.05, 0.1) is 10.6 Å². The summed E-state index contributed by atoms with van der Waals surface area (Å²) in [6, 6.07) is 4.55. The lowest BCUT2D eigenvalue weighted by molar-refractivity contribution is -0.0727. The molecule has 2 aromatic rings. The third-order valence-electron chi connectivity index (χ3n) is 7.83. The van der Waals surface area contributed by atoms with Gasteiger partial charge in [-0.05, 0) is 87.2 Å². The van der Waals surface area contributed by atoms with Crippen molar-refractivity contribution in [3.05, 3.63) is 40.4 Å². The first-order valence-corrected chi connectivity index (χ1v) is 11.5. The van der Waals surface area contributed by atoms with Crippen molar-refractivity contribution in [1.82, 2.24) is 10.5 Å². The quantitative estimate of drug-likeness (QED) is 0.617. The first kappa shape index (κ1) is 20.0. The summed E-state index contributed by atoms with van der Waals surface area (Å²) in [5.41, 5.74) is 0.766. The van der Waals surface area contributed by atoms with Crippen LogP contribution in [0.3, 0.4) is 0 Å². The molecule has 0 saturated heterocycles. The van der Waals surface area contributed by atoms with Crippen LogP contribution in [-0.4, -0.2) is 17.1 Å². The van der Waals surface area contributed by atoms with Crippen molar-refractivity contribution in [3.63, 3.8) is 0 Å². The summed E-state index contributed by atoms with van der Waals surface area (Å²) in [6.45, 7) is 3.84. The summed E-state index contributed by atoms with van der Waals surface area (Å²) in [4.78, 5) is 13.4. The van der Waals surface area contributed by atoms with E-state index in [1.807, 2.05) is 0 Å². The third kappa shape index (κ3) is 3.17. The number of halogens is 2. The van der Waals surface area contributed by atoms with Gasteiger partial charge in [-0.1, -0.05) is 29.7 Å². The van der Waals surface area contributed by atoms with Gasteiger partial charge in [0, 0.05) is 6.04 Å². The summed E-state index contributed by atoms with van der Waals surface area (Å²) >= 11 is 6.24. The minimum Gasteiger partial charge on any atom is -0.360 e. The van der Waals surface area contributed by atoms with E-state index in [-0.39, 0.29) is 39.2 Å². The van der Waals surface area contributed by atoms with Crippen LogP contribution in [0.5, 0.6) is 0 Å². The van der Waals surface area contributed by atoms with Gasteiger partial charge in [-0.25, -0.2) is 4.39 Å². The van der Waals surface area contributed by atoms with Crippen LogP contribution in [0.15, 0.2) is 22.7 Å². The Bertz CT molecular complexity index is 930. The lowest BCUT2D eigenvalue weighted by Crippen LogP contribution is -2.56. The fourth-order valence-electron chi connectivity index (χ4n) is 7.06. The predicted octanol–water partition coefficient (Wildman–Crippen LogP) is 6.17. The second-order valence-electron chi connectivity index (χ2n) is 9.77. The topological polar surface area (TPSA) is 55.1 Å². The van der Waals surface area contributed by atoms with Gasteiger partial charge in [0.2, 0.25) is 0 Å². The Labute approximate surface area is 181 Å². The minimum atomic E-state index is -0.516. The molecule has 1 amide bonds. The van der Waals surface area contributed by atoms with Crippen LogP contribution in [0.1, 0.15) is 68.0 Å². The van der Waals surface area contributed by atoms with E-state index in [9.17, 15) is 9.18 Å². The van der Waals surface area contributed by atoms with Gasteiger partial charge in [-0.3, -0.25) is 4.79 Å². The van der Waals surface area contributed by atoms with Crippen LogP contribution in [0.2, 0.25) is 5.02 Å². The molecule has 0 aliphatic heterocycles. The number of carbonyl (C=O) groups is 1. The van der Waals surface area contributed by atoms with E-state index in [0.29, 0.717) is 5.76 Å². The van der Waals surface area contributed by atoms with Gasteiger partial charge in [0.15, 0.2) is 0 Å². The second kappa shape index (κ2) is 7.37. The van der Waals surface area contributed by atoms with Crippen LogP contribution < -0.4 is 5.32 Å². The standard InChI is InChI=1S/C24H28ClFN2O2/c1-3-19(24-10-14-7-15(11-24)9-16(8-14)12-24)27-23(29)20-13(2)30-28-22(20)21-17(25)5-4-6-18(21)26/h4-6,14-16,19H,3,7-12H2,1-2H3,(H,27,29). The smallest absolute Gasteiger partial charge is 0.257 e. The number of hydrogen-bond donors (Lipinski definition) is 1. The molecule has 0 spiro atoms. The number of hydrogen-bond acceptors (Lipinski definition) is 3. The number of aromatic nitrogens is 1. The van der Waals surface area contributed by atoms with Gasteiger partial charge in [-0.2, -0.15) is 0 Å². The molecule has 4 bridgehead atoms. The molecule has 4 nitrogen and oxygen atoms in total. The number of rotatable bonds is 5. The van der Waals surface area contributed by atoms with Crippen molar-refractivity contribution in [2.45, 2.75) is 64.8 Å². The molecule has 1 aromatic heterocycles. The average Bonchev–Trinajstić information content (AvgIpc) is 3.06. The van der Waals surface area contributed by atoms with Crippen LogP contribution in [-0.2, 0) is 0 Å². The van der Waals surface area contributed by atoms with Gasteiger partial charge in [-0.15, -0.1) is 0 Å². The summed E-state index contributed by atoms with van der Waals surface area (Å²) in [5.74, 6) is 2.05. The SMILES string of the molecule is CCC(NC(=O)c1c(-c2c(F)cccc2Cl)noc1C)C12CC3CC(CC(C3)C1)C2. The maximum absolute atomic E-state index is 14.5. The Morgan fingerprint density at radius 2 is 1.90 bits per heavy atom. The molecule has 1 N–H and O–H groups in total. The van der Waals surface area contributed by atoms with Crippen LogP contribution in [0.25, 0.3) is 11.3 Å². The first-order valence-electron chi connectivity index (χ1n) is 11.1. The number of carbonyl (C=O) groups excluding carboxylic acids is 1. The van der Waals surface area contributed by atoms with Gasteiger partial charge >= 0.3 is 0 Å². The molecule has 4 aliphatic carbocycles. The first-order chi connectivity index (χ1) is 14.4. The van der Waals surface area contributed by atoms with Crippen LogP contribution in [0, 0.1) is 35.9 Å². The Kier molecular flexibility index (Phi) is 4.92.